The van der Waals surface area contributed by atoms with Crippen LogP contribution in [0.4, 0.5) is 0 Å². The minimum absolute atomic E-state index is 0.293. The molecular formula is C23H20ClN3O3S. The van der Waals surface area contributed by atoms with E-state index in [4.69, 9.17) is 26.8 Å². The molecule has 3 rings (SSSR count). The number of nitrogens with zero attached hydrogens (tertiary/aromatic N) is 2. The Bertz CT molecular complexity index is 1090. The molecular weight excluding hydrogens is 434 g/mol. The van der Waals surface area contributed by atoms with E-state index in [0.29, 0.717) is 38.6 Å². The molecule has 3 aromatic carbocycles. The molecule has 0 spiro atoms. The van der Waals surface area contributed by atoms with E-state index in [-0.39, 0.29) is 0 Å². The zero-order valence-corrected chi connectivity index (χ0v) is 18.3. The molecule has 0 saturated heterocycles. The van der Waals surface area contributed by atoms with Crippen LogP contribution in [0, 0.1) is 0 Å². The second-order valence-corrected chi connectivity index (χ2v) is 7.70. The van der Waals surface area contributed by atoms with Gasteiger partial charge in [-0.25, -0.2) is 4.79 Å². The van der Waals surface area contributed by atoms with Crippen molar-refractivity contribution >= 4 is 40.7 Å². The number of thioether (sulfide) groups is 1. The summed E-state index contributed by atoms with van der Waals surface area (Å²) in [5.41, 5.74) is 8.15. The predicted octanol–water partition coefficient (Wildman–Crippen LogP) is 5.15. The van der Waals surface area contributed by atoms with Crippen molar-refractivity contribution in [1.29, 1.82) is 0 Å². The molecule has 3 aromatic rings. The molecule has 0 aliphatic carbocycles. The number of rotatable bonds is 7. The molecule has 0 aliphatic heterocycles. The zero-order valence-electron chi connectivity index (χ0n) is 16.7. The van der Waals surface area contributed by atoms with Gasteiger partial charge in [0.25, 0.3) is 0 Å². The van der Waals surface area contributed by atoms with Crippen LogP contribution >= 0.6 is 23.4 Å². The van der Waals surface area contributed by atoms with Crippen LogP contribution < -0.4 is 15.2 Å². The fourth-order valence-electron chi connectivity index (χ4n) is 2.51. The number of carbonyl (C=O) groups is 1. The topological polar surface area (TPSA) is 86.3 Å². The first kappa shape index (κ1) is 22.4. The lowest BCUT2D eigenvalue weighted by Gasteiger charge is -2.10. The zero-order chi connectivity index (χ0) is 22.1. The number of ether oxygens (including phenoxy) is 2. The number of benzene rings is 3. The second-order valence-electron chi connectivity index (χ2n) is 6.26. The first-order valence-corrected chi connectivity index (χ1v) is 10.6. The summed E-state index contributed by atoms with van der Waals surface area (Å²) in [5, 5.41) is 8.92. The van der Waals surface area contributed by atoms with E-state index in [0.717, 1.165) is 5.56 Å². The Morgan fingerprint density at radius 2 is 1.81 bits per heavy atom. The number of nitrogens with two attached hydrogens (primary N) is 1. The Morgan fingerprint density at radius 1 is 1.06 bits per heavy atom. The first-order chi connectivity index (χ1) is 15.0. The van der Waals surface area contributed by atoms with Gasteiger partial charge in [0.15, 0.2) is 16.7 Å². The lowest BCUT2D eigenvalue weighted by molar-refractivity contribution is 0.0729. The SMILES string of the molecule is COc1cc(C=NN=C(N)SCc2ccccc2)ccc1OC(=O)c1ccc(Cl)cc1. The van der Waals surface area contributed by atoms with E-state index < -0.39 is 5.97 Å². The molecule has 0 bridgehead atoms. The van der Waals surface area contributed by atoms with E-state index in [9.17, 15) is 4.79 Å². The van der Waals surface area contributed by atoms with Crippen LogP contribution in [0.1, 0.15) is 21.5 Å². The van der Waals surface area contributed by atoms with Gasteiger partial charge in [-0.1, -0.05) is 53.7 Å². The summed E-state index contributed by atoms with van der Waals surface area (Å²) < 4.78 is 10.8. The summed E-state index contributed by atoms with van der Waals surface area (Å²) in [4.78, 5) is 12.3. The standard InChI is InChI=1S/C23H20ClN3O3S/c1-29-21-13-17(14-26-27-23(25)31-15-16-5-3-2-4-6-16)7-12-20(21)30-22(28)18-8-10-19(24)11-9-18/h2-14H,15H2,1H3,(H2,25,27). The van der Waals surface area contributed by atoms with Gasteiger partial charge in [-0.2, -0.15) is 5.10 Å². The van der Waals surface area contributed by atoms with Crippen LogP contribution in [-0.4, -0.2) is 24.5 Å². The maximum Gasteiger partial charge on any atom is 0.343 e. The molecule has 0 aromatic heterocycles. The average molecular weight is 454 g/mol. The fourth-order valence-corrected chi connectivity index (χ4v) is 3.24. The fraction of sp³-hybridized carbons (Fsp3) is 0.0870. The van der Waals surface area contributed by atoms with Crippen molar-refractivity contribution in [2.75, 3.05) is 7.11 Å². The van der Waals surface area contributed by atoms with E-state index in [1.54, 1.807) is 48.7 Å². The average Bonchev–Trinajstić information content (AvgIpc) is 2.79. The molecule has 31 heavy (non-hydrogen) atoms. The number of hydrogen-bond acceptors (Lipinski definition) is 6. The van der Waals surface area contributed by atoms with Crippen LogP contribution in [0.5, 0.6) is 11.5 Å². The summed E-state index contributed by atoms with van der Waals surface area (Å²) >= 11 is 7.25. The highest BCUT2D eigenvalue weighted by molar-refractivity contribution is 8.13. The van der Waals surface area contributed by atoms with Crippen molar-refractivity contribution in [2.24, 2.45) is 15.9 Å². The quantitative estimate of drug-likeness (QED) is 0.176. The Hall–Kier alpha value is -3.29. The van der Waals surface area contributed by atoms with Gasteiger partial charge in [-0.05, 0) is 53.6 Å². The summed E-state index contributed by atoms with van der Waals surface area (Å²) in [7, 11) is 1.49. The third-order valence-corrected chi connectivity index (χ3v) is 5.17. The van der Waals surface area contributed by atoms with Crippen molar-refractivity contribution in [3.8, 4) is 11.5 Å². The summed E-state index contributed by atoms with van der Waals surface area (Å²) in [5.74, 6) is 0.889. The van der Waals surface area contributed by atoms with Gasteiger partial charge in [0.2, 0.25) is 0 Å². The lowest BCUT2D eigenvalue weighted by Crippen LogP contribution is -2.09. The highest BCUT2D eigenvalue weighted by Gasteiger charge is 2.12. The van der Waals surface area contributed by atoms with Crippen LogP contribution in [0.2, 0.25) is 5.02 Å². The molecule has 0 fully saturated rings. The Morgan fingerprint density at radius 3 is 2.52 bits per heavy atom. The summed E-state index contributed by atoms with van der Waals surface area (Å²) in [6, 6.07) is 21.5. The van der Waals surface area contributed by atoms with Crippen molar-refractivity contribution in [3.05, 3.63) is 94.5 Å². The molecule has 8 heteroatoms. The van der Waals surface area contributed by atoms with Crippen LogP contribution in [0.3, 0.4) is 0 Å². The van der Waals surface area contributed by atoms with Gasteiger partial charge in [0, 0.05) is 10.8 Å². The van der Waals surface area contributed by atoms with Crippen molar-refractivity contribution in [3.63, 3.8) is 0 Å². The van der Waals surface area contributed by atoms with E-state index >= 15 is 0 Å². The Kier molecular flexibility index (Phi) is 8.09. The number of amidine groups is 1. The maximum absolute atomic E-state index is 12.3. The lowest BCUT2D eigenvalue weighted by atomic mass is 10.2. The van der Waals surface area contributed by atoms with Crippen LogP contribution in [0.15, 0.2) is 83.0 Å². The van der Waals surface area contributed by atoms with Crippen molar-refractivity contribution in [2.45, 2.75) is 5.75 Å². The molecule has 0 heterocycles. The van der Waals surface area contributed by atoms with Gasteiger partial charge in [0.1, 0.15) is 0 Å². The van der Waals surface area contributed by atoms with Crippen molar-refractivity contribution < 1.29 is 14.3 Å². The van der Waals surface area contributed by atoms with Gasteiger partial charge >= 0.3 is 5.97 Å². The number of halogens is 1. The molecule has 0 unspecified atom stereocenters. The highest BCUT2D eigenvalue weighted by atomic mass is 35.5. The minimum Gasteiger partial charge on any atom is -0.493 e. The largest absolute Gasteiger partial charge is 0.493 e. The molecule has 6 nitrogen and oxygen atoms in total. The number of esters is 1. The maximum atomic E-state index is 12.3. The van der Waals surface area contributed by atoms with Gasteiger partial charge in [-0.15, -0.1) is 5.10 Å². The van der Waals surface area contributed by atoms with Gasteiger partial charge in [-0.3, -0.25) is 0 Å². The predicted molar refractivity (Wildman–Crippen MR) is 126 cm³/mol. The Balaban J connectivity index is 1.62. The molecule has 2 N–H and O–H groups in total. The third kappa shape index (κ3) is 6.87. The van der Waals surface area contributed by atoms with Gasteiger partial charge in [0.05, 0.1) is 18.9 Å². The third-order valence-electron chi connectivity index (χ3n) is 4.06. The van der Waals surface area contributed by atoms with E-state index in [2.05, 4.69) is 10.2 Å². The number of carbonyl (C=O) groups excluding carboxylic acids is 1. The van der Waals surface area contributed by atoms with E-state index in [1.807, 2.05) is 30.3 Å². The minimum atomic E-state index is -0.510. The normalized spacial score (nSPS) is 11.5. The monoisotopic (exact) mass is 453 g/mol. The van der Waals surface area contributed by atoms with Crippen LogP contribution in [0.25, 0.3) is 0 Å². The smallest absolute Gasteiger partial charge is 0.343 e. The number of methoxy groups -OCH3 is 1. The molecule has 0 atom stereocenters. The van der Waals surface area contributed by atoms with E-state index in [1.165, 1.54) is 18.9 Å². The first-order valence-electron chi connectivity index (χ1n) is 9.24. The number of hydrogen-bond donors (Lipinski definition) is 1. The molecule has 0 saturated carbocycles. The van der Waals surface area contributed by atoms with Crippen molar-refractivity contribution in [1.82, 2.24) is 0 Å². The molecule has 0 radical (unpaired) electrons. The second kappa shape index (κ2) is 11.2. The van der Waals surface area contributed by atoms with Crippen LogP contribution in [-0.2, 0) is 5.75 Å². The summed E-state index contributed by atoms with van der Waals surface area (Å²) in [6.45, 7) is 0. The Labute approximate surface area is 189 Å². The molecule has 0 aliphatic rings. The highest BCUT2D eigenvalue weighted by Crippen LogP contribution is 2.28. The summed E-state index contributed by atoms with van der Waals surface area (Å²) in [6.07, 6.45) is 1.54. The molecule has 0 amide bonds. The van der Waals surface area contributed by atoms with Gasteiger partial charge < -0.3 is 15.2 Å². The molecule has 158 valence electrons.